The van der Waals surface area contributed by atoms with Crippen LogP contribution in [0, 0.1) is 5.41 Å². The Labute approximate surface area is 135 Å². The van der Waals surface area contributed by atoms with Crippen LogP contribution in [0.4, 0.5) is 0 Å². The van der Waals surface area contributed by atoms with Gasteiger partial charge in [-0.2, -0.15) is 15.2 Å². The van der Waals surface area contributed by atoms with Crippen LogP contribution in [-0.2, 0) is 7.05 Å². The van der Waals surface area contributed by atoms with E-state index in [4.69, 9.17) is 11.1 Å². The van der Waals surface area contributed by atoms with Gasteiger partial charge in [0.05, 0.1) is 0 Å². The van der Waals surface area contributed by atoms with E-state index in [0.717, 1.165) is 4.57 Å². The standard InChI is InChI=1S/C7H7N5O2.C4H6N4.ClH/c1-11-6(13)9-5(10-7(11)14)12-4-2-3-8-12;5-4(6)8-3-1-2-7-8;/h2-4H,1H3,(H,9,10,13,14);1-3H,(H3,5,6);1H. The molecule has 0 unspecified atom stereocenters. The maximum atomic E-state index is 11.2. The van der Waals surface area contributed by atoms with Crippen LogP contribution in [0.3, 0.4) is 0 Å². The van der Waals surface area contributed by atoms with Crippen LogP contribution in [0.25, 0.3) is 5.95 Å². The maximum absolute atomic E-state index is 11.2. The summed E-state index contributed by atoms with van der Waals surface area (Å²) < 4.78 is 3.47. The normalized spacial score (nSPS) is 9.43. The van der Waals surface area contributed by atoms with Gasteiger partial charge in [0.15, 0.2) is 0 Å². The van der Waals surface area contributed by atoms with E-state index in [2.05, 4.69) is 20.2 Å². The van der Waals surface area contributed by atoms with Crippen molar-refractivity contribution < 1.29 is 0 Å². The third kappa shape index (κ3) is 4.38. The van der Waals surface area contributed by atoms with Gasteiger partial charge in [-0.1, -0.05) is 0 Å². The summed E-state index contributed by atoms with van der Waals surface area (Å²) in [5.74, 6) is 0.0538. The fourth-order valence-electron chi connectivity index (χ4n) is 1.37. The van der Waals surface area contributed by atoms with E-state index in [-0.39, 0.29) is 24.3 Å². The first-order valence-corrected chi connectivity index (χ1v) is 6.00. The number of H-pyrrole nitrogens is 1. The third-order valence-electron chi connectivity index (χ3n) is 2.48. The van der Waals surface area contributed by atoms with E-state index in [1.54, 1.807) is 30.7 Å². The predicted molar refractivity (Wildman–Crippen MR) is 84.0 cm³/mol. The van der Waals surface area contributed by atoms with Gasteiger partial charge in [-0.25, -0.2) is 23.5 Å². The lowest BCUT2D eigenvalue weighted by Gasteiger charge is -1.99. The Hall–Kier alpha value is -3.21. The summed E-state index contributed by atoms with van der Waals surface area (Å²) in [6.45, 7) is 0. The molecule has 3 aromatic rings. The SMILES string of the molecule is Cl.Cn1c(=O)nc(-n2cccn2)[nH]c1=O.N=C(N)n1cccn1. The minimum Gasteiger partial charge on any atom is -0.368 e. The van der Waals surface area contributed by atoms with Crippen LogP contribution >= 0.6 is 12.4 Å². The lowest BCUT2D eigenvalue weighted by molar-refractivity contribution is 0.685. The Bertz CT molecular complexity index is 833. The van der Waals surface area contributed by atoms with Crippen molar-refractivity contribution in [1.29, 1.82) is 5.41 Å². The highest BCUT2D eigenvalue weighted by molar-refractivity contribution is 5.85. The molecule has 3 heterocycles. The van der Waals surface area contributed by atoms with Crippen molar-refractivity contribution in [3.63, 3.8) is 0 Å². The molecule has 11 nitrogen and oxygen atoms in total. The molecular formula is C11H14ClN9O2. The molecule has 0 saturated heterocycles. The van der Waals surface area contributed by atoms with Crippen LogP contribution in [0.1, 0.15) is 0 Å². The van der Waals surface area contributed by atoms with Gasteiger partial charge in [-0.05, 0) is 12.1 Å². The molecule has 0 aliphatic rings. The average molecular weight is 340 g/mol. The molecule has 4 N–H and O–H groups in total. The summed E-state index contributed by atoms with van der Waals surface area (Å²) in [5.41, 5.74) is 3.91. The van der Waals surface area contributed by atoms with Crippen LogP contribution in [0.2, 0.25) is 0 Å². The number of hydrogen-bond donors (Lipinski definition) is 3. The van der Waals surface area contributed by atoms with Gasteiger partial charge in [-0.3, -0.25) is 10.4 Å². The van der Waals surface area contributed by atoms with Gasteiger partial charge in [0.25, 0.3) is 0 Å². The van der Waals surface area contributed by atoms with E-state index in [1.165, 1.54) is 22.6 Å². The first kappa shape index (κ1) is 17.8. The van der Waals surface area contributed by atoms with Crippen molar-refractivity contribution in [2.75, 3.05) is 0 Å². The zero-order chi connectivity index (χ0) is 16.1. The van der Waals surface area contributed by atoms with E-state index in [0.29, 0.717) is 0 Å². The molecule has 0 spiro atoms. The summed E-state index contributed by atoms with van der Waals surface area (Å²) >= 11 is 0. The number of aromatic nitrogens is 7. The Morgan fingerprint density at radius 2 is 1.87 bits per heavy atom. The first-order chi connectivity index (χ1) is 10.5. The minimum absolute atomic E-state index is 0. The van der Waals surface area contributed by atoms with E-state index < -0.39 is 11.4 Å². The fraction of sp³-hybridized carbons (Fsp3) is 0.0909. The fourth-order valence-corrected chi connectivity index (χ4v) is 1.37. The number of rotatable bonds is 1. The topological polar surface area (TPSA) is 153 Å². The van der Waals surface area contributed by atoms with E-state index >= 15 is 0 Å². The van der Waals surface area contributed by atoms with Gasteiger partial charge in [0, 0.05) is 31.8 Å². The molecule has 0 aliphatic heterocycles. The Balaban J connectivity index is 0.000000253. The lowest BCUT2D eigenvalue weighted by Crippen LogP contribution is -2.36. The summed E-state index contributed by atoms with van der Waals surface area (Å²) in [6.07, 6.45) is 6.29. The van der Waals surface area contributed by atoms with Crippen molar-refractivity contribution >= 4 is 18.4 Å². The van der Waals surface area contributed by atoms with Gasteiger partial charge in [0.1, 0.15) is 0 Å². The largest absolute Gasteiger partial charge is 0.368 e. The molecule has 122 valence electrons. The molecule has 3 aromatic heterocycles. The number of halogens is 1. The summed E-state index contributed by atoms with van der Waals surface area (Å²) in [6, 6.07) is 3.37. The molecule has 3 rings (SSSR count). The molecule has 0 fully saturated rings. The molecular weight excluding hydrogens is 326 g/mol. The second kappa shape index (κ2) is 7.70. The van der Waals surface area contributed by atoms with Gasteiger partial charge >= 0.3 is 11.4 Å². The maximum Gasteiger partial charge on any atom is 0.354 e. The van der Waals surface area contributed by atoms with Crippen LogP contribution in [0.5, 0.6) is 0 Å². The number of nitrogens with two attached hydrogens (primary N) is 1. The Kier molecular flexibility index (Phi) is 5.97. The molecule has 0 saturated carbocycles. The third-order valence-corrected chi connectivity index (χ3v) is 2.48. The predicted octanol–water partition coefficient (Wildman–Crippen LogP) is -1.30. The van der Waals surface area contributed by atoms with Gasteiger partial charge in [0.2, 0.25) is 11.9 Å². The van der Waals surface area contributed by atoms with Gasteiger partial charge < -0.3 is 5.73 Å². The monoisotopic (exact) mass is 339 g/mol. The Morgan fingerprint density at radius 1 is 1.22 bits per heavy atom. The average Bonchev–Trinajstić information content (AvgIpc) is 3.17. The molecule has 0 bridgehead atoms. The van der Waals surface area contributed by atoms with E-state index in [9.17, 15) is 9.59 Å². The smallest absolute Gasteiger partial charge is 0.354 e. The molecule has 0 amide bonds. The van der Waals surface area contributed by atoms with Crippen LogP contribution in [-0.4, -0.2) is 40.1 Å². The molecule has 23 heavy (non-hydrogen) atoms. The Morgan fingerprint density at radius 3 is 2.30 bits per heavy atom. The number of aromatic amines is 1. The zero-order valence-corrected chi connectivity index (χ0v) is 12.8. The second-order valence-corrected chi connectivity index (χ2v) is 3.99. The summed E-state index contributed by atoms with van der Waals surface area (Å²) in [7, 11) is 1.35. The highest BCUT2D eigenvalue weighted by Gasteiger charge is 2.03. The summed E-state index contributed by atoms with van der Waals surface area (Å²) in [4.78, 5) is 28.4. The van der Waals surface area contributed by atoms with Crippen molar-refractivity contribution in [3.8, 4) is 5.95 Å². The van der Waals surface area contributed by atoms with Crippen molar-refractivity contribution in [2.45, 2.75) is 0 Å². The zero-order valence-electron chi connectivity index (χ0n) is 11.9. The molecule has 0 radical (unpaired) electrons. The number of nitrogen functional groups attached to an aromatic ring is 1. The molecule has 0 aromatic carbocycles. The summed E-state index contributed by atoms with van der Waals surface area (Å²) in [5, 5.41) is 14.3. The molecule has 12 heteroatoms. The number of nitrogens with zero attached hydrogens (tertiary/aromatic N) is 6. The quantitative estimate of drug-likeness (QED) is 0.370. The van der Waals surface area contributed by atoms with Crippen molar-refractivity contribution in [3.05, 3.63) is 57.9 Å². The van der Waals surface area contributed by atoms with Crippen molar-refractivity contribution in [2.24, 2.45) is 12.8 Å². The highest BCUT2D eigenvalue weighted by Crippen LogP contribution is 1.90. The van der Waals surface area contributed by atoms with E-state index in [1.807, 2.05) is 0 Å². The van der Waals surface area contributed by atoms with Gasteiger partial charge in [-0.15, -0.1) is 12.4 Å². The number of nitrogens with one attached hydrogen (secondary N) is 2. The molecule has 0 aliphatic carbocycles. The van der Waals surface area contributed by atoms with Crippen molar-refractivity contribution in [1.82, 2.24) is 34.1 Å². The van der Waals surface area contributed by atoms with Crippen LogP contribution in [0.15, 0.2) is 46.5 Å². The second-order valence-electron chi connectivity index (χ2n) is 3.99. The first-order valence-electron chi connectivity index (χ1n) is 6.00. The lowest BCUT2D eigenvalue weighted by atomic mass is 10.7. The minimum atomic E-state index is -0.612. The highest BCUT2D eigenvalue weighted by atomic mass is 35.5. The van der Waals surface area contributed by atoms with Crippen LogP contribution < -0.4 is 17.1 Å². The molecule has 0 atom stereocenters. The number of hydrogen-bond acceptors (Lipinski definition) is 6.